The average molecular weight is 412 g/mol. The second-order valence-corrected chi connectivity index (χ2v) is 8.17. The van der Waals surface area contributed by atoms with Gasteiger partial charge in [0.2, 0.25) is 21.5 Å². The number of carbonyl (C=O) groups excluding carboxylic acids is 1. The van der Waals surface area contributed by atoms with Crippen LogP contribution >= 0.6 is 0 Å². The Labute approximate surface area is 165 Å². The summed E-state index contributed by atoms with van der Waals surface area (Å²) in [5.74, 6) is -0.521. The first kappa shape index (κ1) is 18.7. The molecule has 1 amide bonds. The average Bonchev–Trinajstić information content (AvgIpc) is 3.04. The summed E-state index contributed by atoms with van der Waals surface area (Å²) in [5, 5.41) is 3.32. The molecular formula is C19H16N4O5S. The van der Waals surface area contributed by atoms with E-state index in [1.165, 1.54) is 12.4 Å². The maximum atomic E-state index is 12.7. The van der Waals surface area contributed by atoms with Gasteiger partial charge in [0.05, 0.1) is 24.0 Å². The van der Waals surface area contributed by atoms with E-state index in [1.807, 2.05) is 6.07 Å². The number of fused-ring (bicyclic) bond motifs is 3. The molecule has 0 aliphatic rings. The highest BCUT2D eigenvalue weighted by molar-refractivity contribution is 7.92. The minimum atomic E-state index is -3.52. The van der Waals surface area contributed by atoms with Gasteiger partial charge >= 0.3 is 0 Å². The van der Waals surface area contributed by atoms with Crippen LogP contribution in [0, 0.1) is 0 Å². The fraction of sp³-hybridized carbons (Fsp3) is 0.105. The number of benzene rings is 2. The van der Waals surface area contributed by atoms with Crippen molar-refractivity contribution < 1.29 is 17.6 Å². The molecule has 0 bridgehead atoms. The summed E-state index contributed by atoms with van der Waals surface area (Å²) in [7, 11) is -3.52. The lowest BCUT2D eigenvalue weighted by atomic mass is 10.2. The number of nitrogens with one attached hydrogen (secondary N) is 2. The normalized spacial score (nSPS) is 11.6. The molecule has 0 saturated heterocycles. The zero-order valence-electron chi connectivity index (χ0n) is 15.2. The molecule has 0 aliphatic carbocycles. The molecule has 4 rings (SSSR count). The van der Waals surface area contributed by atoms with Gasteiger partial charge in [-0.05, 0) is 24.3 Å². The summed E-state index contributed by atoms with van der Waals surface area (Å²) in [6, 6.07) is 13.5. The van der Waals surface area contributed by atoms with Gasteiger partial charge in [-0.2, -0.15) is 0 Å². The Morgan fingerprint density at radius 1 is 1.10 bits per heavy atom. The fourth-order valence-electron chi connectivity index (χ4n) is 2.95. The Morgan fingerprint density at radius 3 is 2.55 bits per heavy atom. The van der Waals surface area contributed by atoms with Crippen LogP contribution in [0.1, 0.15) is 0 Å². The Balaban J connectivity index is 1.61. The van der Waals surface area contributed by atoms with Crippen LogP contribution in [0.4, 0.5) is 11.4 Å². The molecule has 0 saturated carbocycles. The number of sulfonamides is 1. The van der Waals surface area contributed by atoms with Crippen LogP contribution in [0.25, 0.3) is 22.1 Å². The standard InChI is InChI=1S/C19H16N4O5S/c1-29(26,27)22-14-8-4-3-7-13(14)21-16(24)10-23-11-20-17-12-6-2-5-9-15(12)28-18(17)19(23)25/h2-9,11,22H,10H2,1H3,(H,21,24). The van der Waals surface area contributed by atoms with Crippen molar-refractivity contribution in [1.82, 2.24) is 9.55 Å². The van der Waals surface area contributed by atoms with Crippen molar-refractivity contribution in [2.24, 2.45) is 0 Å². The largest absolute Gasteiger partial charge is 0.448 e. The van der Waals surface area contributed by atoms with Gasteiger partial charge in [-0.3, -0.25) is 18.9 Å². The first-order valence-corrected chi connectivity index (χ1v) is 10.4. The summed E-state index contributed by atoms with van der Waals surface area (Å²) >= 11 is 0. The highest BCUT2D eigenvalue weighted by Gasteiger charge is 2.15. The molecule has 0 radical (unpaired) electrons. The number of amides is 1. The van der Waals surface area contributed by atoms with Crippen LogP contribution in [0.5, 0.6) is 0 Å². The molecule has 4 aromatic rings. The number of hydrogen-bond donors (Lipinski definition) is 2. The molecule has 0 fully saturated rings. The van der Waals surface area contributed by atoms with Crippen LogP contribution < -0.4 is 15.6 Å². The predicted octanol–water partition coefficient (Wildman–Crippen LogP) is 2.15. The SMILES string of the molecule is CS(=O)(=O)Nc1ccccc1NC(=O)Cn1cnc2c(oc3ccccc32)c1=O. The third-order valence-electron chi connectivity index (χ3n) is 4.16. The van der Waals surface area contributed by atoms with Crippen molar-refractivity contribution >= 4 is 49.4 Å². The van der Waals surface area contributed by atoms with Crippen LogP contribution in [-0.4, -0.2) is 30.1 Å². The van der Waals surface area contributed by atoms with Crippen molar-refractivity contribution in [3.8, 4) is 0 Å². The van der Waals surface area contributed by atoms with E-state index in [2.05, 4.69) is 15.0 Å². The lowest BCUT2D eigenvalue weighted by molar-refractivity contribution is -0.116. The molecule has 29 heavy (non-hydrogen) atoms. The minimum absolute atomic E-state index is 0.0700. The maximum Gasteiger partial charge on any atom is 0.297 e. The summed E-state index contributed by atoms with van der Waals surface area (Å²) in [6.45, 7) is -0.313. The highest BCUT2D eigenvalue weighted by atomic mass is 32.2. The number of aromatic nitrogens is 2. The van der Waals surface area contributed by atoms with Crippen LogP contribution in [-0.2, 0) is 21.4 Å². The molecule has 0 aliphatic heterocycles. The monoisotopic (exact) mass is 412 g/mol. The van der Waals surface area contributed by atoms with E-state index in [0.717, 1.165) is 16.2 Å². The molecule has 10 heteroatoms. The molecular weight excluding hydrogens is 396 g/mol. The molecule has 148 valence electrons. The Hall–Kier alpha value is -3.66. The predicted molar refractivity (Wildman–Crippen MR) is 109 cm³/mol. The van der Waals surface area contributed by atoms with Crippen molar-refractivity contribution in [2.45, 2.75) is 6.54 Å². The number of hydrogen-bond acceptors (Lipinski definition) is 6. The molecule has 2 N–H and O–H groups in total. The number of para-hydroxylation sites is 3. The zero-order chi connectivity index (χ0) is 20.6. The van der Waals surface area contributed by atoms with E-state index in [4.69, 9.17) is 4.42 Å². The Morgan fingerprint density at radius 2 is 1.79 bits per heavy atom. The van der Waals surface area contributed by atoms with Crippen molar-refractivity contribution in [1.29, 1.82) is 0 Å². The zero-order valence-corrected chi connectivity index (χ0v) is 16.1. The Kier molecular flexibility index (Phi) is 4.55. The summed E-state index contributed by atoms with van der Waals surface area (Å²) in [5.41, 5.74) is 1.06. The van der Waals surface area contributed by atoms with Gasteiger partial charge in [0.15, 0.2) is 0 Å². The van der Waals surface area contributed by atoms with E-state index in [1.54, 1.807) is 36.4 Å². The van der Waals surface area contributed by atoms with Gasteiger partial charge in [-0.15, -0.1) is 0 Å². The molecule has 2 aromatic heterocycles. The second kappa shape index (κ2) is 7.06. The number of anilines is 2. The number of carbonyl (C=O) groups is 1. The van der Waals surface area contributed by atoms with Gasteiger partial charge in [0.25, 0.3) is 5.56 Å². The van der Waals surface area contributed by atoms with Crippen LogP contribution in [0.3, 0.4) is 0 Å². The second-order valence-electron chi connectivity index (χ2n) is 6.42. The van der Waals surface area contributed by atoms with Crippen molar-refractivity contribution in [3.63, 3.8) is 0 Å². The van der Waals surface area contributed by atoms with Crippen LogP contribution in [0.2, 0.25) is 0 Å². The molecule has 0 atom stereocenters. The summed E-state index contributed by atoms with van der Waals surface area (Å²) in [4.78, 5) is 29.4. The Bertz CT molecular complexity index is 1410. The molecule has 9 nitrogen and oxygen atoms in total. The minimum Gasteiger partial charge on any atom is -0.448 e. The van der Waals surface area contributed by atoms with Crippen molar-refractivity contribution in [2.75, 3.05) is 16.3 Å². The first-order valence-electron chi connectivity index (χ1n) is 8.55. The van der Waals surface area contributed by atoms with E-state index < -0.39 is 21.5 Å². The summed E-state index contributed by atoms with van der Waals surface area (Å²) < 4.78 is 32.0. The first-order chi connectivity index (χ1) is 13.8. The number of rotatable bonds is 5. The quantitative estimate of drug-likeness (QED) is 0.518. The van der Waals surface area contributed by atoms with Crippen LogP contribution in [0.15, 0.2) is 64.1 Å². The lowest BCUT2D eigenvalue weighted by Crippen LogP contribution is -2.28. The molecule has 0 unspecified atom stereocenters. The van der Waals surface area contributed by atoms with Gasteiger partial charge in [0, 0.05) is 5.39 Å². The van der Waals surface area contributed by atoms with Gasteiger partial charge in [-0.1, -0.05) is 24.3 Å². The van der Waals surface area contributed by atoms with Crippen molar-refractivity contribution in [3.05, 3.63) is 65.2 Å². The van der Waals surface area contributed by atoms with E-state index in [9.17, 15) is 18.0 Å². The summed E-state index contributed by atoms with van der Waals surface area (Å²) in [6.07, 6.45) is 2.30. The smallest absolute Gasteiger partial charge is 0.297 e. The maximum absolute atomic E-state index is 12.7. The van der Waals surface area contributed by atoms with E-state index in [0.29, 0.717) is 11.1 Å². The third-order valence-corrected chi connectivity index (χ3v) is 4.75. The fourth-order valence-corrected chi connectivity index (χ4v) is 3.53. The molecule has 2 heterocycles. The molecule has 0 spiro atoms. The number of nitrogens with zero attached hydrogens (tertiary/aromatic N) is 2. The molecule has 2 aromatic carbocycles. The van der Waals surface area contributed by atoms with Gasteiger partial charge in [0.1, 0.15) is 17.6 Å². The van der Waals surface area contributed by atoms with Gasteiger partial charge < -0.3 is 9.73 Å². The lowest BCUT2D eigenvalue weighted by Gasteiger charge is -2.12. The third kappa shape index (κ3) is 3.83. The number of furan rings is 1. The topological polar surface area (TPSA) is 123 Å². The van der Waals surface area contributed by atoms with Gasteiger partial charge in [-0.25, -0.2) is 13.4 Å². The van der Waals surface area contributed by atoms with E-state index >= 15 is 0 Å². The highest BCUT2D eigenvalue weighted by Crippen LogP contribution is 2.24. The van der Waals surface area contributed by atoms with E-state index in [-0.39, 0.29) is 23.5 Å².